The summed E-state index contributed by atoms with van der Waals surface area (Å²) in [5.41, 5.74) is 5.58. The third kappa shape index (κ3) is 2.08. The maximum absolute atomic E-state index is 4.39. The van der Waals surface area contributed by atoms with Crippen LogP contribution in [0.3, 0.4) is 0 Å². The SMILES string of the molecule is CCNC1CCc2c(-c3ccnn3CC)cccc21. The van der Waals surface area contributed by atoms with E-state index < -0.39 is 0 Å². The second-order valence-electron chi connectivity index (χ2n) is 5.05. The van der Waals surface area contributed by atoms with Crippen LogP contribution in [0.25, 0.3) is 11.3 Å². The second kappa shape index (κ2) is 5.17. The van der Waals surface area contributed by atoms with Crippen LogP contribution in [0.2, 0.25) is 0 Å². The summed E-state index contributed by atoms with van der Waals surface area (Å²) in [6, 6.07) is 9.33. The van der Waals surface area contributed by atoms with Gasteiger partial charge in [-0.25, -0.2) is 0 Å². The Labute approximate surface area is 114 Å². The summed E-state index contributed by atoms with van der Waals surface area (Å²) in [6.45, 7) is 6.26. The largest absolute Gasteiger partial charge is 0.310 e. The first-order chi connectivity index (χ1) is 9.35. The van der Waals surface area contributed by atoms with Crippen molar-refractivity contribution in [3.8, 4) is 11.3 Å². The molecule has 0 saturated carbocycles. The fourth-order valence-corrected chi connectivity index (χ4v) is 3.17. The third-order valence-electron chi connectivity index (χ3n) is 4.01. The molecule has 2 aromatic rings. The van der Waals surface area contributed by atoms with Gasteiger partial charge in [0.15, 0.2) is 0 Å². The maximum Gasteiger partial charge on any atom is 0.0684 e. The van der Waals surface area contributed by atoms with Gasteiger partial charge in [0.25, 0.3) is 0 Å². The quantitative estimate of drug-likeness (QED) is 0.909. The smallest absolute Gasteiger partial charge is 0.0684 e. The molecule has 3 nitrogen and oxygen atoms in total. The van der Waals surface area contributed by atoms with E-state index in [9.17, 15) is 0 Å². The predicted octanol–water partition coefficient (Wildman–Crippen LogP) is 3.17. The lowest BCUT2D eigenvalue weighted by molar-refractivity contribution is 0.549. The highest BCUT2D eigenvalue weighted by Gasteiger charge is 2.24. The lowest BCUT2D eigenvalue weighted by atomic mass is 10.00. The van der Waals surface area contributed by atoms with Crippen LogP contribution < -0.4 is 5.32 Å². The van der Waals surface area contributed by atoms with Gasteiger partial charge in [0.05, 0.1) is 5.69 Å². The summed E-state index contributed by atoms with van der Waals surface area (Å²) < 4.78 is 2.08. The number of fused-ring (bicyclic) bond motifs is 1. The molecule has 0 radical (unpaired) electrons. The number of aromatic nitrogens is 2. The fourth-order valence-electron chi connectivity index (χ4n) is 3.17. The van der Waals surface area contributed by atoms with Crippen LogP contribution >= 0.6 is 0 Å². The van der Waals surface area contributed by atoms with E-state index in [2.05, 4.69) is 53.2 Å². The molecule has 0 saturated heterocycles. The number of nitrogens with one attached hydrogen (secondary N) is 1. The number of hydrogen-bond donors (Lipinski definition) is 1. The van der Waals surface area contributed by atoms with Crippen molar-refractivity contribution in [3.05, 3.63) is 41.6 Å². The van der Waals surface area contributed by atoms with Crippen molar-refractivity contribution < 1.29 is 0 Å². The van der Waals surface area contributed by atoms with Crippen molar-refractivity contribution in [2.24, 2.45) is 0 Å². The molecule has 0 bridgehead atoms. The molecular formula is C16H21N3. The van der Waals surface area contributed by atoms with E-state index in [1.807, 2.05) is 6.20 Å². The molecule has 1 atom stereocenters. The molecule has 1 aliphatic carbocycles. The van der Waals surface area contributed by atoms with Gasteiger partial charge < -0.3 is 5.32 Å². The Bertz CT molecular complexity index is 571. The van der Waals surface area contributed by atoms with Crippen molar-refractivity contribution in [1.29, 1.82) is 0 Å². The van der Waals surface area contributed by atoms with E-state index in [4.69, 9.17) is 0 Å². The Morgan fingerprint density at radius 3 is 3.00 bits per heavy atom. The van der Waals surface area contributed by atoms with E-state index in [1.165, 1.54) is 28.8 Å². The Hall–Kier alpha value is -1.61. The fraction of sp³-hybridized carbons (Fsp3) is 0.438. The maximum atomic E-state index is 4.39. The van der Waals surface area contributed by atoms with Gasteiger partial charge in [0, 0.05) is 24.3 Å². The molecule has 0 fully saturated rings. The van der Waals surface area contributed by atoms with Gasteiger partial charge >= 0.3 is 0 Å². The Kier molecular flexibility index (Phi) is 3.38. The van der Waals surface area contributed by atoms with Gasteiger partial charge in [-0.2, -0.15) is 5.10 Å². The van der Waals surface area contributed by atoms with Crippen LogP contribution in [0.4, 0.5) is 0 Å². The number of nitrogens with zero attached hydrogens (tertiary/aromatic N) is 2. The number of rotatable bonds is 4. The summed E-state index contributed by atoms with van der Waals surface area (Å²) in [5.74, 6) is 0. The molecule has 3 rings (SSSR count). The van der Waals surface area contributed by atoms with E-state index in [-0.39, 0.29) is 0 Å². The lowest BCUT2D eigenvalue weighted by Crippen LogP contribution is -2.18. The minimum atomic E-state index is 0.526. The van der Waals surface area contributed by atoms with Crippen LogP contribution in [0, 0.1) is 0 Å². The first-order valence-corrected chi connectivity index (χ1v) is 7.22. The molecule has 1 aromatic heterocycles. The zero-order chi connectivity index (χ0) is 13.2. The number of aryl methyl sites for hydroxylation is 1. The van der Waals surface area contributed by atoms with Crippen molar-refractivity contribution in [2.45, 2.75) is 39.3 Å². The third-order valence-corrected chi connectivity index (χ3v) is 4.01. The predicted molar refractivity (Wildman–Crippen MR) is 78.1 cm³/mol. The average molecular weight is 255 g/mol. The molecular weight excluding hydrogens is 234 g/mol. The van der Waals surface area contributed by atoms with Gasteiger partial charge in [0.2, 0.25) is 0 Å². The normalized spacial score (nSPS) is 17.7. The summed E-state index contributed by atoms with van der Waals surface area (Å²) in [6.07, 6.45) is 4.27. The van der Waals surface area contributed by atoms with Gasteiger partial charge in [-0.3, -0.25) is 4.68 Å². The topological polar surface area (TPSA) is 29.9 Å². The van der Waals surface area contributed by atoms with Crippen LogP contribution in [0.5, 0.6) is 0 Å². The van der Waals surface area contributed by atoms with Gasteiger partial charge in [0.1, 0.15) is 0 Å². The molecule has 3 heteroatoms. The minimum absolute atomic E-state index is 0.526. The standard InChI is InChI=1S/C16H21N3/c1-3-17-15-9-8-12-13(15)6-5-7-14(12)16-10-11-18-19(16)4-2/h5-7,10-11,15,17H,3-4,8-9H2,1-2H3. The van der Waals surface area contributed by atoms with E-state index in [0.29, 0.717) is 6.04 Å². The van der Waals surface area contributed by atoms with Crippen molar-refractivity contribution in [1.82, 2.24) is 15.1 Å². The molecule has 0 aliphatic heterocycles. The highest BCUT2D eigenvalue weighted by molar-refractivity contribution is 5.67. The Morgan fingerprint density at radius 1 is 1.32 bits per heavy atom. The second-order valence-corrected chi connectivity index (χ2v) is 5.05. The highest BCUT2D eigenvalue weighted by Crippen LogP contribution is 2.37. The Balaban J connectivity index is 2.05. The zero-order valence-electron chi connectivity index (χ0n) is 11.7. The monoisotopic (exact) mass is 255 g/mol. The summed E-state index contributed by atoms with van der Waals surface area (Å²) >= 11 is 0. The first kappa shape index (κ1) is 12.4. The molecule has 100 valence electrons. The number of benzene rings is 1. The van der Waals surface area contributed by atoms with Crippen LogP contribution in [0.1, 0.15) is 37.4 Å². The summed E-state index contributed by atoms with van der Waals surface area (Å²) in [5, 5.41) is 7.97. The van der Waals surface area contributed by atoms with Crippen molar-refractivity contribution in [3.63, 3.8) is 0 Å². The zero-order valence-corrected chi connectivity index (χ0v) is 11.7. The first-order valence-electron chi connectivity index (χ1n) is 7.22. The average Bonchev–Trinajstić information content (AvgIpc) is 3.05. The molecule has 1 aromatic carbocycles. The molecule has 1 aliphatic rings. The molecule has 1 N–H and O–H groups in total. The van der Waals surface area contributed by atoms with Gasteiger partial charge in [-0.15, -0.1) is 0 Å². The summed E-state index contributed by atoms with van der Waals surface area (Å²) in [4.78, 5) is 0. The van der Waals surface area contributed by atoms with Crippen LogP contribution in [-0.4, -0.2) is 16.3 Å². The molecule has 0 spiro atoms. The highest BCUT2D eigenvalue weighted by atomic mass is 15.3. The van der Waals surface area contributed by atoms with E-state index in [0.717, 1.165) is 19.5 Å². The van der Waals surface area contributed by atoms with Crippen LogP contribution in [0.15, 0.2) is 30.5 Å². The molecule has 1 unspecified atom stereocenters. The van der Waals surface area contributed by atoms with Crippen molar-refractivity contribution >= 4 is 0 Å². The molecule has 0 amide bonds. The van der Waals surface area contributed by atoms with Crippen LogP contribution in [-0.2, 0) is 13.0 Å². The van der Waals surface area contributed by atoms with Crippen molar-refractivity contribution in [2.75, 3.05) is 6.54 Å². The van der Waals surface area contributed by atoms with E-state index >= 15 is 0 Å². The summed E-state index contributed by atoms with van der Waals surface area (Å²) in [7, 11) is 0. The van der Waals surface area contributed by atoms with Gasteiger partial charge in [-0.05, 0) is 43.5 Å². The molecule has 19 heavy (non-hydrogen) atoms. The molecule has 1 heterocycles. The van der Waals surface area contributed by atoms with Gasteiger partial charge in [-0.1, -0.05) is 25.1 Å². The van der Waals surface area contributed by atoms with E-state index in [1.54, 1.807) is 0 Å². The number of hydrogen-bond acceptors (Lipinski definition) is 2. The minimum Gasteiger partial charge on any atom is -0.310 e. The Morgan fingerprint density at radius 2 is 2.21 bits per heavy atom. The lowest BCUT2D eigenvalue weighted by Gasteiger charge is -2.14.